The molecule has 0 aliphatic carbocycles. The Morgan fingerprint density at radius 3 is 2.41 bits per heavy atom. The third kappa shape index (κ3) is 2.84. The Morgan fingerprint density at radius 1 is 1.00 bits per heavy atom. The Bertz CT molecular complexity index is 892. The van der Waals surface area contributed by atoms with Crippen molar-refractivity contribution in [2.24, 2.45) is 0 Å². The predicted octanol–water partition coefficient (Wildman–Crippen LogP) is 3.80. The van der Waals surface area contributed by atoms with Gasteiger partial charge < -0.3 is 4.52 Å². The number of nitrogens with one attached hydrogen (secondary N) is 1. The van der Waals surface area contributed by atoms with Crippen molar-refractivity contribution in [1.29, 1.82) is 0 Å². The third-order valence-corrected chi connectivity index (χ3v) is 4.84. The van der Waals surface area contributed by atoms with Gasteiger partial charge in [-0.25, -0.2) is 13.1 Å². The first-order chi connectivity index (χ1) is 10.6. The van der Waals surface area contributed by atoms with Crippen molar-refractivity contribution in [1.82, 2.24) is 5.16 Å². The van der Waals surface area contributed by atoms with Crippen molar-refractivity contribution >= 4 is 27.5 Å². The molecular weight excluding hydrogens is 324 g/mol. The van der Waals surface area contributed by atoms with E-state index in [2.05, 4.69) is 9.88 Å². The highest BCUT2D eigenvalue weighted by atomic mass is 35.5. The van der Waals surface area contributed by atoms with Gasteiger partial charge in [0.2, 0.25) is 5.88 Å². The molecular formula is C15H11ClN2O3S. The molecule has 0 amide bonds. The second-order valence-electron chi connectivity index (χ2n) is 4.47. The van der Waals surface area contributed by atoms with E-state index in [1.807, 2.05) is 30.3 Å². The van der Waals surface area contributed by atoms with E-state index in [1.54, 1.807) is 12.1 Å². The quantitative estimate of drug-likeness (QED) is 0.787. The molecule has 0 fully saturated rings. The molecule has 0 bridgehead atoms. The topological polar surface area (TPSA) is 72.2 Å². The van der Waals surface area contributed by atoms with E-state index < -0.39 is 10.0 Å². The highest BCUT2D eigenvalue weighted by molar-refractivity contribution is 7.92. The molecule has 2 aromatic carbocycles. The molecule has 0 aliphatic heterocycles. The SMILES string of the molecule is O=S(=O)(Nc1oncc1-c1ccccc1)c1ccccc1Cl. The third-order valence-electron chi connectivity index (χ3n) is 3.01. The summed E-state index contributed by atoms with van der Waals surface area (Å²) >= 11 is 5.94. The van der Waals surface area contributed by atoms with Crippen molar-refractivity contribution in [3.63, 3.8) is 0 Å². The Labute approximate surface area is 132 Å². The van der Waals surface area contributed by atoms with E-state index in [1.165, 1.54) is 18.3 Å². The van der Waals surface area contributed by atoms with E-state index in [4.69, 9.17) is 16.1 Å². The minimum atomic E-state index is -3.86. The molecule has 0 unspecified atom stereocenters. The molecule has 1 aromatic heterocycles. The van der Waals surface area contributed by atoms with Gasteiger partial charge in [0.15, 0.2) is 0 Å². The van der Waals surface area contributed by atoms with Crippen LogP contribution in [0.5, 0.6) is 0 Å². The fraction of sp³-hybridized carbons (Fsp3) is 0. The molecule has 7 heteroatoms. The standard InChI is InChI=1S/C15H11ClN2O3S/c16-13-8-4-5-9-14(13)22(19,20)18-15-12(10-17-21-15)11-6-2-1-3-7-11/h1-10,18H. The molecule has 0 radical (unpaired) electrons. The van der Waals surface area contributed by atoms with E-state index in [0.717, 1.165) is 5.56 Å². The zero-order chi connectivity index (χ0) is 15.6. The lowest BCUT2D eigenvalue weighted by molar-refractivity contribution is 0.435. The monoisotopic (exact) mass is 334 g/mol. The highest BCUT2D eigenvalue weighted by Crippen LogP contribution is 2.30. The summed E-state index contributed by atoms with van der Waals surface area (Å²) in [5, 5.41) is 3.80. The van der Waals surface area contributed by atoms with Crippen LogP contribution in [0.2, 0.25) is 5.02 Å². The van der Waals surface area contributed by atoms with Crippen molar-refractivity contribution < 1.29 is 12.9 Å². The Balaban J connectivity index is 1.98. The zero-order valence-corrected chi connectivity index (χ0v) is 12.8. The van der Waals surface area contributed by atoms with Crippen LogP contribution < -0.4 is 4.72 Å². The fourth-order valence-corrected chi connectivity index (χ4v) is 3.50. The summed E-state index contributed by atoms with van der Waals surface area (Å²) < 4.78 is 32.3. The van der Waals surface area contributed by atoms with Crippen molar-refractivity contribution in [3.05, 3.63) is 65.8 Å². The zero-order valence-electron chi connectivity index (χ0n) is 11.2. The summed E-state index contributed by atoms with van der Waals surface area (Å²) in [5.74, 6) is 0.0473. The molecule has 0 aliphatic rings. The summed E-state index contributed by atoms with van der Waals surface area (Å²) in [4.78, 5) is -0.0212. The predicted molar refractivity (Wildman–Crippen MR) is 84.2 cm³/mol. The van der Waals surface area contributed by atoms with Gasteiger partial charge in [-0.15, -0.1) is 0 Å². The normalized spacial score (nSPS) is 11.3. The molecule has 3 rings (SSSR count). The fourth-order valence-electron chi connectivity index (χ4n) is 1.98. The van der Waals surface area contributed by atoms with Crippen molar-refractivity contribution in [2.45, 2.75) is 4.90 Å². The first-order valence-electron chi connectivity index (χ1n) is 6.35. The molecule has 22 heavy (non-hydrogen) atoms. The number of hydrogen-bond donors (Lipinski definition) is 1. The maximum absolute atomic E-state index is 12.4. The van der Waals surface area contributed by atoms with Gasteiger partial charge in [-0.05, 0) is 17.7 Å². The highest BCUT2D eigenvalue weighted by Gasteiger charge is 2.21. The summed E-state index contributed by atoms with van der Waals surface area (Å²) in [6.07, 6.45) is 1.46. The van der Waals surface area contributed by atoms with Gasteiger partial charge in [0, 0.05) is 0 Å². The molecule has 0 spiro atoms. The number of anilines is 1. The van der Waals surface area contributed by atoms with E-state index in [0.29, 0.717) is 5.56 Å². The summed E-state index contributed by atoms with van der Waals surface area (Å²) in [5.41, 5.74) is 1.34. The van der Waals surface area contributed by atoms with Crippen LogP contribution in [-0.2, 0) is 10.0 Å². The maximum atomic E-state index is 12.4. The van der Waals surface area contributed by atoms with Crippen LogP contribution in [0.15, 0.2) is 70.2 Å². The largest absolute Gasteiger partial charge is 0.337 e. The number of aromatic nitrogens is 1. The lowest BCUT2D eigenvalue weighted by atomic mass is 10.1. The smallest absolute Gasteiger partial charge is 0.265 e. The van der Waals surface area contributed by atoms with Crippen LogP contribution in [0.1, 0.15) is 0 Å². The minimum Gasteiger partial charge on any atom is -0.337 e. The van der Waals surface area contributed by atoms with E-state index >= 15 is 0 Å². The van der Waals surface area contributed by atoms with Gasteiger partial charge in [0.1, 0.15) is 4.90 Å². The molecule has 1 N–H and O–H groups in total. The van der Waals surface area contributed by atoms with Crippen molar-refractivity contribution in [3.8, 4) is 11.1 Å². The molecule has 5 nitrogen and oxygen atoms in total. The number of nitrogens with zero attached hydrogens (tertiary/aromatic N) is 1. The molecule has 0 saturated carbocycles. The number of sulfonamides is 1. The lowest BCUT2D eigenvalue weighted by Crippen LogP contribution is -2.13. The molecule has 0 atom stereocenters. The van der Waals surface area contributed by atoms with Crippen LogP contribution in [0.3, 0.4) is 0 Å². The molecule has 1 heterocycles. The molecule has 112 valence electrons. The average Bonchev–Trinajstić information content (AvgIpc) is 2.96. The summed E-state index contributed by atoms with van der Waals surface area (Å²) in [6, 6.07) is 15.4. The van der Waals surface area contributed by atoms with E-state index in [9.17, 15) is 8.42 Å². The second-order valence-corrected chi connectivity index (χ2v) is 6.53. The Morgan fingerprint density at radius 2 is 1.68 bits per heavy atom. The first kappa shape index (κ1) is 14.6. The van der Waals surface area contributed by atoms with Gasteiger partial charge >= 0.3 is 0 Å². The number of hydrogen-bond acceptors (Lipinski definition) is 4. The number of halogens is 1. The number of benzene rings is 2. The molecule has 0 saturated heterocycles. The maximum Gasteiger partial charge on any atom is 0.265 e. The minimum absolute atomic E-state index is 0.0212. The summed E-state index contributed by atoms with van der Waals surface area (Å²) in [6.45, 7) is 0. The lowest BCUT2D eigenvalue weighted by Gasteiger charge is -2.08. The van der Waals surface area contributed by atoms with Crippen LogP contribution >= 0.6 is 11.6 Å². The van der Waals surface area contributed by atoms with Gasteiger partial charge in [0.05, 0.1) is 16.8 Å². The van der Waals surface area contributed by atoms with Crippen LogP contribution in [0, 0.1) is 0 Å². The second kappa shape index (κ2) is 5.82. The molecule has 3 aromatic rings. The Kier molecular flexibility index (Phi) is 3.87. The van der Waals surface area contributed by atoms with E-state index in [-0.39, 0.29) is 15.8 Å². The van der Waals surface area contributed by atoms with Crippen LogP contribution in [0.4, 0.5) is 5.88 Å². The Hall–Kier alpha value is -2.31. The first-order valence-corrected chi connectivity index (χ1v) is 8.21. The number of rotatable bonds is 4. The van der Waals surface area contributed by atoms with Crippen LogP contribution in [-0.4, -0.2) is 13.6 Å². The van der Waals surface area contributed by atoms with Gasteiger partial charge in [-0.3, -0.25) is 0 Å². The van der Waals surface area contributed by atoms with Crippen molar-refractivity contribution in [2.75, 3.05) is 4.72 Å². The van der Waals surface area contributed by atoms with Gasteiger partial charge in [-0.2, -0.15) is 0 Å². The van der Waals surface area contributed by atoms with Crippen LogP contribution in [0.25, 0.3) is 11.1 Å². The van der Waals surface area contributed by atoms with Gasteiger partial charge in [-0.1, -0.05) is 59.2 Å². The summed E-state index contributed by atoms with van der Waals surface area (Å²) in [7, 11) is -3.86. The van der Waals surface area contributed by atoms with Gasteiger partial charge in [0.25, 0.3) is 10.0 Å². The average molecular weight is 335 g/mol.